The lowest BCUT2D eigenvalue weighted by molar-refractivity contribution is 0.423. The summed E-state index contributed by atoms with van der Waals surface area (Å²) in [4.78, 5) is 0. The van der Waals surface area contributed by atoms with Gasteiger partial charge in [-0.25, -0.2) is 0 Å². The van der Waals surface area contributed by atoms with Gasteiger partial charge in [0.1, 0.15) is 11.5 Å². The molecule has 0 aromatic carbocycles. The van der Waals surface area contributed by atoms with Gasteiger partial charge in [-0.05, 0) is 26.1 Å². The van der Waals surface area contributed by atoms with Crippen LogP contribution in [0.25, 0.3) is 0 Å². The Balaban J connectivity index is 2.71. The molecule has 2 heteroatoms. The number of rotatable bonds is 3. The highest BCUT2D eigenvalue weighted by atomic mass is 16.3. The maximum atomic E-state index is 5.52. The Labute approximate surface area is 67.6 Å². The maximum absolute atomic E-state index is 5.52. The molecule has 0 saturated carbocycles. The van der Waals surface area contributed by atoms with Crippen LogP contribution in [-0.4, -0.2) is 7.05 Å². The van der Waals surface area contributed by atoms with E-state index in [-0.39, 0.29) is 0 Å². The molecule has 1 atom stereocenters. The van der Waals surface area contributed by atoms with Crippen molar-refractivity contribution in [3.8, 4) is 0 Å². The van der Waals surface area contributed by atoms with Gasteiger partial charge in [-0.3, -0.25) is 0 Å². The fourth-order valence-corrected chi connectivity index (χ4v) is 0.960. The van der Waals surface area contributed by atoms with Crippen molar-refractivity contribution in [1.82, 2.24) is 5.32 Å². The molecule has 2 nitrogen and oxygen atoms in total. The predicted octanol–water partition coefficient (Wildman–Crippen LogP) is 2.12. The Morgan fingerprint density at radius 2 is 2.27 bits per heavy atom. The molecule has 1 rings (SSSR count). The van der Waals surface area contributed by atoms with E-state index < -0.39 is 0 Å². The number of hydrogen-bond donors (Lipinski definition) is 1. The van der Waals surface area contributed by atoms with E-state index in [9.17, 15) is 0 Å². The monoisotopic (exact) mass is 153 g/mol. The SMILES string of the molecule is CCc1ccc([C@@H](C)NC)o1. The molecule has 1 aromatic heterocycles. The number of hydrogen-bond acceptors (Lipinski definition) is 2. The van der Waals surface area contributed by atoms with Crippen molar-refractivity contribution in [1.29, 1.82) is 0 Å². The molecular formula is C9H15NO. The van der Waals surface area contributed by atoms with E-state index >= 15 is 0 Å². The van der Waals surface area contributed by atoms with Gasteiger partial charge in [-0.1, -0.05) is 6.92 Å². The van der Waals surface area contributed by atoms with Crippen molar-refractivity contribution in [3.63, 3.8) is 0 Å². The van der Waals surface area contributed by atoms with Gasteiger partial charge in [0.15, 0.2) is 0 Å². The predicted molar refractivity (Wildman–Crippen MR) is 45.6 cm³/mol. The van der Waals surface area contributed by atoms with Crippen molar-refractivity contribution >= 4 is 0 Å². The first-order chi connectivity index (χ1) is 5.27. The second-order valence-corrected chi connectivity index (χ2v) is 2.67. The Hall–Kier alpha value is -0.760. The van der Waals surface area contributed by atoms with Gasteiger partial charge in [0, 0.05) is 6.42 Å². The molecule has 0 unspecified atom stereocenters. The van der Waals surface area contributed by atoms with Crippen LogP contribution in [-0.2, 0) is 6.42 Å². The highest BCUT2D eigenvalue weighted by Crippen LogP contribution is 2.15. The molecule has 0 radical (unpaired) electrons. The van der Waals surface area contributed by atoms with Crippen LogP contribution in [0.15, 0.2) is 16.5 Å². The second-order valence-electron chi connectivity index (χ2n) is 2.67. The Morgan fingerprint density at radius 1 is 1.55 bits per heavy atom. The molecule has 0 bridgehead atoms. The van der Waals surface area contributed by atoms with Crippen molar-refractivity contribution in [2.45, 2.75) is 26.3 Å². The molecule has 0 aliphatic carbocycles. The summed E-state index contributed by atoms with van der Waals surface area (Å²) in [6.07, 6.45) is 0.969. The van der Waals surface area contributed by atoms with E-state index in [1.54, 1.807) is 0 Å². The average molecular weight is 153 g/mol. The molecule has 0 aliphatic rings. The Kier molecular flexibility index (Phi) is 2.71. The highest BCUT2D eigenvalue weighted by Gasteiger charge is 2.06. The lowest BCUT2D eigenvalue weighted by Crippen LogP contribution is -2.11. The van der Waals surface area contributed by atoms with Gasteiger partial charge in [0.25, 0.3) is 0 Å². The fraction of sp³-hybridized carbons (Fsp3) is 0.556. The minimum absolute atomic E-state index is 0.315. The largest absolute Gasteiger partial charge is 0.464 e. The summed E-state index contributed by atoms with van der Waals surface area (Å²) in [5.41, 5.74) is 0. The molecular weight excluding hydrogens is 138 g/mol. The minimum Gasteiger partial charge on any atom is -0.464 e. The quantitative estimate of drug-likeness (QED) is 0.719. The third kappa shape index (κ3) is 1.84. The molecule has 0 spiro atoms. The minimum atomic E-state index is 0.315. The van der Waals surface area contributed by atoms with Crippen molar-refractivity contribution in [2.24, 2.45) is 0 Å². The van der Waals surface area contributed by atoms with E-state index in [2.05, 4.69) is 19.2 Å². The number of furan rings is 1. The van der Waals surface area contributed by atoms with Gasteiger partial charge in [-0.2, -0.15) is 0 Å². The summed E-state index contributed by atoms with van der Waals surface area (Å²) in [5.74, 6) is 2.08. The third-order valence-electron chi connectivity index (χ3n) is 1.89. The summed E-state index contributed by atoms with van der Waals surface area (Å²) >= 11 is 0. The third-order valence-corrected chi connectivity index (χ3v) is 1.89. The van der Waals surface area contributed by atoms with Gasteiger partial charge in [0.05, 0.1) is 6.04 Å². The van der Waals surface area contributed by atoms with Crippen LogP contribution < -0.4 is 5.32 Å². The summed E-state index contributed by atoms with van der Waals surface area (Å²) in [6.45, 7) is 4.17. The van der Waals surface area contributed by atoms with Gasteiger partial charge >= 0.3 is 0 Å². The molecule has 1 N–H and O–H groups in total. The highest BCUT2D eigenvalue weighted by molar-refractivity contribution is 5.09. The standard InChI is InChI=1S/C9H15NO/c1-4-8-5-6-9(11-8)7(2)10-3/h5-7,10H,4H2,1-3H3/t7-/m1/s1. The molecule has 0 amide bonds. The molecule has 11 heavy (non-hydrogen) atoms. The molecule has 1 aromatic rings. The van der Waals surface area contributed by atoms with Gasteiger partial charge in [0.2, 0.25) is 0 Å². The van der Waals surface area contributed by atoms with E-state index in [1.807, 2.05) is 19.2 Å². The van der Waals surface area contributed by atoms with Crippen molar-refractivity contribution in [2.75, 3.05) is 7.05 Å². The summed E-state index contributed by atoms with van der Waals surface area (Å²) in [5, 5.41) is 3.12. The lowest BCUT2D eigenvalue weighted by atomic mass is 10.2. The van der Waals surface area contributed by atoms with Crippen LogP contribution in [0.2, 0.25) is 0 Å². The van der Waals surface area contributed by atoms with Crippen LogP contribution in [0.4, 0.5) is 0 Å². The molecule has 0 aliphatic heterocycles. The van der Waals surface area contributed by atoms with Gasteiger partial charge in [-0.15, -0.1) is 0 Å². The van der Waals surface area contributed by atoms with Crippen LogP contribution in [0, 0.1) is 0 Å². The molecule has 0 fully saturated rings. The zero-order valence-corrected chi connectivity index (χ0v) is 7.35. The normalized spacial score (nSPS) is 13.4. The average Bonchev–Trinajstić information content (AvgIpc) is 2.50. The summed E-state index contributed by atoms with van der Waals surface area (Å²) in [7, 11) is 1.93. The van der Waals surface area contributed by atoms with Crippen LogP contribution in [0.5, 0.6) is 0 Å². The van der Waals surface area contributed by atoms with E-state index in [0.717, 1.165) is 17.9 Å². The fourth-order valence-electron chi connectivity index (χ4n) is 0.960. The van der Waals surface area contributed by atoms with Gasteiger partial charge < -0.3 is 9.73 Å². The second kappa shape index (κ2) is 3.58. The first-order valence-electron chi connectivity index (χ1n) is 4.03. The Bertz CT molecular complexity index is 217. The lowest BCUT2D eigenvalue weighted by Gasteiger charge is -2.04. The zero-order valence-electron chi connectivity index (χ0n) is 7.35. The van der Waals surface area contributed by atoms with Crippen LogP contribution >= 0.6 is 0 Å². The molecule has 0 saturated heterocycles. The first kappa shape index (κ1) is 8.34. The van der Waals surface area contributed by atoms with Crippen molar-refractivity contribution in [3.05, 3.63) is 23.7 Å². The summed E-state index contributed by atoms with van der Waals surface area (Å²) < 4.78 is 5.52. The van der Waals surface area contributed by atoms with E-state index in [0.29, 0.717) is 6.04 Å². The smallest absolute Gasteiger partial charge is 0.120 e. The summed E-state index contributed by atoms with van der Waals surface area (Å²) in [6, 6.07) is 4.37. The zero-order chi connectivity index (χ0) is 8.27. The van der Waals surface area contributed by atoms with Crippen LogP contribution in [0.3, 0.4) is 0 Å². The van der Waals surface area contributed by atoms with Crippen molar-refractivity contribution < 1.29 is 4.42 Å². The Morgan fingerprint density at radius 3 is 2.73 bits per heavy atom. The number of nitrogens with one attached hydrogen (secondary N) is 1. The maximum Gasteiger partial charge on any atom is 0.120 e. The van der Waals surface area contributed by atoms with E-state index in [1.165, 1.54) is 0 Å². The van der Waals surface area contributed by atoms with Crippen LogP contribution in [0.1, 0.15) is 31.4 Å². The molecule has 1 heterocycles. The topological polar surface area (TPSA) is 25.2 Å². The van der Waals surface area contributed by atoms with E-state index in [4.69, 9.17) is 4.42 Å². The first-order valence-corrected chi connectivity index (χ1v) is 4.03. The number of aryl methyl sites for hydroxylation is 1. The molecule has 62 valence electrons.